The van der Waals surface area contributed by atoms with Crippen molar-refractivity contribution in [3.05, 3.63) is 36.2 Å². The van der Waals surface area contributed by atoms with Crippen molar-refractivity contribution in [2.45, 2.75) is 45.5 Å². The number of likely N-dealkylation sites (tertiary alicyclic amines) is 1. The molecule has 7 heteroatoms. The van der Waals surface area contributed by atoms with Crippen molar-refractivity contribution in [1.82, 2.24) is 15.1 Å². The number of rotatable bonds is 4. The maximum Gasteiger partial charge on any atom is 0.410 e. The molecule has 1 amide bonds. The minimum Gasteiger partial charge on any atom is -0.444 e. The molecule has 3 rings (SSSR count). The summed E-state index contributed by atoms with van der Waals surface area (Å²) in [5.74, 6) is 0.899. The van der Waals surface area contributed by atoms with Gasteiger partial charge in [0.25, 0.3) is 0 Å². The maximum atomic E-state index is 12.0. The van der Waals surface area contributed by atoms with E-state index in [1.54, 1.807) is 4.90 Å². The Kier molecular flexibility index (Phi) is 5.03. The van der Waals surface area contributed by atoms with Gasteiger partial charge < -0.3 is 18.8 Å². The van der Waals surface area contributed by atoms with Gasteiger partial charge in [-0.1, -0.05) is 18.2 Å². The highest BCUT2D eigenvalue weighted by Crippen LogP contribution is 2.20. The average molecular weight is 345 g/mol. The van der Waals surface area contributed by atoms with Crippen LogP contribution < -0.4 is 0 Å². The number of benzene rings is 1. The fraction of sp³-hybridized carbons (Fsp3) is 0.500. The first-order valence-corrected chi connectivity index (χ1v) is 8.38. The lowest BCUT2D eigenvalue weighted by Crippen LogP contribution is -2.36. The predicted molar refractivity (Wildman–Crippen MR) is 90.7 cm³/mol. The molecule has 0 bridgehead atoms. The predicted octanol–water partition coefficient (Wildman–Crippen LogP) is 3.26. The third kappa shape index (κ3) is 4.79. The molecule has 0 spiro atoms. The second kappa shape index (κ2) is 7.23. The quantitative estimate of drug-likeness (QED) is 0.846. The molecule has 1 aliphatic heterocycles. The molecule has 1 aliphatic rings. The highest BCUT2D eigenvalue weighted by molar-refractivity contribution is 5.68. The maximum absolute atomic E-state index is 12.0. The summed E-state index contributed by atoms with van der Waals surface area (Å²) in [6, 6.07) is 9.58. The molecule has 0 radical (unpaired) electrons. The van der Waals surface area contributed by atoms with E-state index >= 15 is 0 Å². The molecule has 0 saturated carbocycles. The topological polar surface area (TPSA) is 77.7 Å². The van der Waals surface area contributed by atoms with Crippen LogP contribution in [0, 0.1) is 0 Å². The van der Waals surface area contributed by atoms with Crippen LogP contribution in [-0.2, 0) is 16.1 Å². The molecular weight excluding hydrogens is 322 g/mol. The van der Waals surface area contributed by atoms with E-state index in [0.29, 0.717) is 24.9 Å². The minimum absolute atomic E-state index is 0.0559. The van der Waals surface area contributed by atoms with Crippen LogP contribution in [0.15, 0.2) is 34.7 Å². The van der Waals surface area contributed by atoms with Crippen molar-refractivity contribution in [1.29, 1.82) is 0 Å². The van der Waals surface area contributed by atoms with Crippen LogP contribution in [-0.4, -0.2) is 46.0 Å². The van der Waals surface area contributed by atoms with Crippen LogP contribution in [0.1, 0.15) is 33.1 Å². The molecule has 7 nitrogen and oxygen atoms in total. The van der Waals surface area contributed by atoms with Crippen LogP contribution >= 0.6 is 0 Å². The molecule has 2 heterocycles. The summed E-state index contributed by atoms with van der Waals surface area (Å²) < 4.78 is 16.8. The molecule has 1 atom stereocenters. The molecule has 0 N–H and O–H groups in total. The van der Waals surface area contributed by atoms with Crippen LogP contribution in [0.2, 0.25) is 0 Å². The SMILES string of the molecule is CC(C)(C)OC(=O)N1CC[C@H](OCc2nnc(-c3ccccc3)o2)C1. The lowest BCUT2D eigenvalue weighted by molar-refractivity contribution is 0.0150. The molecule has 0 aliphatic carbocycles. The highest BCUT2D eigenvalue weighted by Gasteiger charge is 2.30. The van der Waals surface area contributed by atoms with Crippen molar-refractivity contribution >= 4 is 6.09 Å². The number of hydrogen-bond acceptors (Lipinski definition) is 6. The van der Waals surface area contributed by atoms with Crippen LogP contribution in [0.4, 0.5) is 4.79 Å². The van der Waals surface area contributed by atoms with Gasteiger partial charge in [0.2, 0.25) is 11.8 Å². The Morgan fingerprint density at radius 2 is 2.04 bits per heavy atom. The summed E-state index contributed by atoms with van der Waals surface area (Å²) in [7, 11) is 0. The molecule has 1 saturated heterocycles. The summed E-state index contributed by atoms with van der Waals surface area (Å²) in [6.07, 6.45) is 0.404. The summed E-state index contributed by atoms with van der Waals surface area (Å²) in [5, 5.41) is 8.04. The number of amides is 1. The third-order valence-electron chi connectivity index (χ3n) is 3.73. The fourth-order valence-corrected chi connectivity index (χ4v) is 2.56. The van der Waals surface area contributed by atoms with Gasteiger partial charge in [-0.3, -0.25) is 0 Å². The van der Waals surface area contributed by atoms with Gasteiger partial charge in [-0.05, 0) is 39.3 Å². The molecule has 1 aromatic carbocycles. The van der Waals surface area contributed by atoms with Crippen molar-refractivity contribution in [2.75, 3.05) is 13.1 Å². The van der Waals surface area contributed by atoms with Gasteiger partial charge in [-0.15, -0.1) is 10.2 Å². The first-order chi connectivity index (χ1) is 11.9. The molecule has 1 aromatic heterocycles. The van der Waals surface area contributed by atoms with Gasteiger partial charge in [0.05, 0.1) is 12.6 Å². The van der Waals surface area contributed by atoms with Crippen LogP contribution in [0.25, 0.3) is 11.5 Å². The number of carbonyl (C=O) groups excluding carboxylic acids is 1. The Morgan fingerprint density at radius 3 is 2.76 bits per heavy atom. The van der Waals surface area contributed by atoms with E-state index in [1.807, 2.05) is 51.1 Å². The minimum atomic E-state index is -0.492. The monoisotopic (exact) mass is 345 g/mol. The van der Waals surface area contributed by atoms with Gasteiger partial charge in [-0.2, -0.15) is 0 Å². The number of ether oxygens (including phenoxy) is 2. The first-order valence-electron chi connectivity index (χ1n) is 8.38. The Morgan fingerprint density at radius 1 is 1.28 bits per heavy atom. The molecular formula is C18H23N3O4. The number of hydrogen-bond donors (Lipinski definition) is 0. The summed E-state index contributed by atoms with van der Waals surface area (Å²) in [6.45, 7) is 6.93. The molecule has 2 aromatic rings. The van der Waals surface area contributed by atoms with Gasteiger partial charge in [0.1, 0.15) is 12.2 Å². The second-order valence-corrected chi connectivity index (χ2v) is 7.02. The zero-order chi connectivity index (χ0) is 17.9. The Labute approximate surface area is 146 Å². The Hall–Kier alpha value is -2.41. The lowest BCUT2D eigenvalue weighted by atomic mass is 10.2. The summed E-state index contributed by atoms with van der Waals surface area (Å²) >= 11 is 0. The second-order valence-electron chi connectivity index (χ2n) is 7.02. The Balaban J connectivity index is 1.49. The zero-order valence-corrected chi connectivity index (χ0v) is 14.8. The van der Waals surface area contributed by atoms with Gasteiger partial charge in [0.15, 0.2) is 0 Å². The summed E-state index contributed by atoms with van der Waals surface area (Å²) in [5.41, 5.74) is 0.381. The normalized spacial score (nSPS) is 17.7. The molecule has 25 heavy (non-hydrogen) atoms. The molecule has 1 fully saturated rings. The third-order valence-corrected chi connectivity index (χ3v) is 3.73. The van der Waals surface area contributed by atoms with E-state index < -0.39 is 5.60 Å². The van der Waals surface area contributed by atoms with E-state index in [4.69, 9.17) is 13.9 Å². The van der Waals surface area contributed by atoms with E-state index in [0.717, 1.165) is 12.0 Å². The molecule has 134 valence electrons. The van der Waals surface area contributed by atoms with E-state index in [2.05, 4.69) is 10.2 Å². The number of nitrogens with zero attached hydrogens (tertiary/aromatic N) is 3. The average Bonchev–Trinajstić information content (AvgIpc) is 3.22. The first kappa shape index (κ1) is 17.4. The van der Waals surface area contributed by atoms with Crippen molar-refractivity contribution < 1.29 is 18.7 Å². The number of carbonyl (C=O) groups is 1. The van der Waals surface area contributed by atoms with Crippen molar-refractivity contribution in [2.24, 2.45) is 0 Å². The molecule has 0 unspecified atom stereocenters. The Bertz CT molecular complexity index is 709. The zero-order valence-electron chi connectivity index (χ0n) is 14.8. The highest BCUT2D eigenvalue weighted by atomic mass is 16.6. The van der Waals surface area contributed by atoms with E-state index in [9.17, 15) is 4.79 Å². The van der Waals surface area contributed by atoms with Crippen LogP contribution in [0.5, 0.6) is 0 Å². The van der Waals surface area contributed by atoms with Crippen molar-refractivity contribution in [3.8, 4) is 11.5 Å². The van der Waals surface area contributed by atoms with Gasteiger partial charge >= 0.3 is 6.09 Å². The largest absolute Gasteiger partial charge is 0.444 e. The van der Waals surface area contributed by atoms with Gasteiger partial charge in [0, 0.05) is 12.1 Å². The van der Waals surface area contributed by atoms with Gasteiger partial charge in [-0.25, -0.2) is 4.79 Å². The van der Waals surface area contributed by atoms with E-state index in [1.165, 1.54) is 0 Å². The van der Waals surface area contributed by atoms with Crippen LogP contribution in [0.3, 0.4) is 0 Å². The van der Waals surface area contributed by atoms with Crippen molar-refractivity contribution in [3.63, 3.8) is 0 Å². The smallest absolute Gasteiger partial charge is 0.410 e. The lowest BCUT2D eigenvalue weighted by Gasteiger charge is -2.24. The standard InChI is InChI=1S/C18H23N3O4/c1-18(2,3)25-17(22)21-10-9-14(11-21)23-12-15-19-20-16(24-15)13-7-5-4-6-8-13/h4-8,14H,9-12H2,1-3H3/t14-/m0/s1. The van der Waals surface area contributed by atoms with E-state index in [-0.39, 0.29) is 18.8 Å². The summed E-state index contributed by atoms with van der Waals surface area (Å²) in [4.78, 5) is 13.7. The fourth-order valence-electron chi connectivity index (χ4n) is 2.56. The number of aromatic nitrogens is 2.